The Labute approximate surface area is 187 Å². The number of aromatic nitrogens is 4. The number of hydrogen-bond acceptors (Lipinski definition) is 6. The Balaban J connectivity index is 1.40. The van der Waals surface area contributed by atoms with Gasteiger partial charge in [-0.3, -0.25) is 4.79 Å². The van der Waals surface area contributed by atoms with Crippen LogP contribution in [0.3, 0.4) is 0 Å². The molecule has 2 aliphatic rings. The molecule has 1 N–H and O–H groups in total. The zero-order valence-corrected chi connectivity index (χ0v) is 18.7. The lowest BCUT2D eigenvalue weighted by molar-refractivity contribution is -0.125. The van der Waals surface area contributed by atoms with E-state index in [2.05, 4.69) is 47.3 Å². The molecule has 1 atom stereocenters. The van der Waals surface area contributed by atoms with Crippen molar-refractivity contribution in [3.05, 3.63) is 65.2 Å². The molecular formula is C22H20N6OS2. The molecule has 0 radical (unpaired) electrons. The lowest BCUT2D eigenvalue weighted by Gasteiger charge is -2.29. The maximum Gasteiger partial charge on any atom is 0.259 e. The number of thiophene rings is 1. The Hall–Kier alpha value is -3.04. The smallest absolute Gasteiger partial charge is 0.259 e. The first-order valence-corrected chi connectivity index (χ1v) is 12.0. The van der Waals surface area contributed by atoms with Gasteiger partial charge in [-0.05, 0) is 43.5 Å². The number of rotatable bonds is 3. The van der Waals surface area contributed by atoms with Crippen molar-refractivity contribution in [3.8, 4) is 16.3 Å². The van der Waals surface area contributed by atoms with E-state index in [1.54, 1.807) is 33.8 Å². The van der Waals surface area contributed by atoms with Crippen LogP contribution in [0.5, 0.6) is 0 Å². The van der Waals surface area contributed by atoms with Crippen LogP contribution in [0.2, 0.25) is 0 Å². The minimum Gasteiger partial charge on any atom is -0.362 e. The van der Waals surface area contributed by atoms with Gasteiger partial charge >= 0.3 is 0 Å². The quantitative estimate of drug-likeness (QED) is 0.518. The highest BCUT2D eigenvalue weighted by molar-refractivity contribution is 8.00. The molecule has 0 aromatic carbocycles. The van der Waals surface area contributed by atoms with Gasteiger partial charge in [0.2, 0.25) is 0 Å². The lowest BCUT2D eigenvalue weighted by atomic mass is 10.1. The molecule has 0 bridgehead atoms. The molecule has 0 aliphatic carbocycles. The van der Waals surface area contributed by atoms with Gasteiger partial charge in [0, 0.05) is 42.1 Å². The molecular weight excluding hydrogens is 428 g/mol. The Morgan fingerprint density at radius 3 is 2.81 bits per heavy atom. The van der Waals surface area contributed by atoms with E-state index in [4.69, 9.17) is 10.1 Å². The standard InChI is InChI=1S/C22H20N6OS2/c1-13-3-4-14(2)28(13)18-6-9-30-20(18)17-11-19-24-16(5-7-27(19)25-17)15-12-23-22-26(21(15)29)8-10-31-22/h3-7,9,11-12,22-23H,8,10H2,1-2H3/t22-/m1/s1. The van der Waals surface area contributed by atoms with Crippen molar-refractivity contribution >= 4 is 40.2 Å². The third-order valence-electron chi connectivity index (χ3n) is 5.74. The van der Waals surface area contributed by atoms with E-state index in [1.165, 1.54) is 11.4 Å². The molecule has 4 aromatic heterocycles. The molecule has 31 heavy (non-hydrogen) atoms. The molecule has 2 aliphatic heterocycles. The monoisotopic (exact) mass is 448 g/mol. The number of thioether (sulfide) groups is 1. The molecule has 6 heterocycles. The second-order valence-electron chi connectivity index (χ2n) is 7.68. The fraction of sp³-hybridized carbons (Fsp3) is 0.227. The summed E-state index contributed by atoms with van der Waals surface area (Å²) < 4.78 is 4.02. The summed E-state index contributed by atoms with van der Waals surface area (Å²) in [5, 5.41) is 10.2. The molecule has 4 aromatic rings. The predicted molar refractivity (Wildman–Crippen MR) is 124 cm³/mol. The van der Waals surface area contributed by atoms with Crippen LogP contribution in [0.4, 0.5) is 0 Å². The summed E-state index contributed by atoms with van der Waals surface area (Å²) in [4.78, 5) is 20.6. The van der Waals surface area contributed by atoms with E-state index < -0.39 is 0 Å². The summed E-state index contributed by atoms with van der Waals surface area (Å²) in [6.45, 7) is 4.98. The van der Waals surface area contributed by atoms with E-state index in [1.807, 2.05) is 23.2 Å². The predicted octanol–water partition coefficient (Wildman–Crippen LogP) is 3.67. The van der Waals surface area contributed by atoms with Crippen LogP contribution in [-0.2, 0) is 4.79 Å². The van der Waals surface area contributed by atoms with E-state index in [-0.39, 0.29) is 11.4 Å². The minimum absolute atomic E-state index is 0.0319. The van der Waals surface area contributed by atoms with Gasteiger partial charge in [-0.2, -0.15) is 5.10 Å². The van der Waals surface area contributed by atoms with Gasteiger partial charge in [0.25, 0.3) is 5.91 Å². The number of nitrogens with zero attached hydrogens (tertiary/aromatic N) is 5. The zero-order valence-electron chi connectivity index (χ0n) is 17.1. The summed E-state index contributed by atoms with van der Waals surface area (Å²) in [5.74, 6) is 0.983. The van der Waals surface area contributed by atoms with Crippen LogP contribution in [0.1, 0.15) is 17.1 Å². The molecule has 7 nitrogen and oxygen atoms in total. The summed E-state index contributed by atoms with van der Waals surface area (Å²) in [6, 6.07) is 10.2. The van der Waals surface area contributed by atoms with Gasteiger partial charge in [0.15, 0.2) is 5.65 Å². The molecule has 1 fully saturated rings. The van der Waals surface area contributed by atoms with Crippen molar-refractivity contribution < 1.29 is 4.79 Å². The molecule has 0 saturated carbocycles. The fourth-order valence-electron chi connectivity index (χ4n) is 4.23. The molecule has 0 unspecified atom stereocenters. The first kappa shape index (κ1) is 18.7. The molecule has 1 saturated heterocycles. The summed E-state index contributed by atoms with van der Waals surface area (Å²) in [7, 11) is 0. The maximum atomic E-state index is 12.9. The van der Waals surface area contributed by atoms with Crippen LogP contribution in [0.25, 0.3) is 27.5 Å². The summed E-state index contributed by atoms with van der Waals surface area (Å²) in [6.07, 6.45) is 3.67. The topological polar surface area (TPSA) is 67.5 Å². The Morgan fingerprint density at radius 2 is 1.97 bits per heavy atom. The second kappa shape index (κ2) is 7.00. The number of carbonyl (C=O) groups excluding carboxylic acids is 1. The number of fused-ring (bicyclic) bond motifs is 2. The van der Waals surface area contributed by atoms with Gasteiger partial charge in [0.1, 0.15) is 11.2 Å². The Morgan fingerprint density at radius 1 is 1.13 bits per heavy atom. The average Bonchev–Trinajstić information content (AvgIpc) is 3.53. The van der Waals surface area contributed by atoms with Crippen LogP contribution in [-0.4, -0.2) is 47.8 Å². The van der Waals surface area contributed by atoms with E-state index >= 15 is 0 Å². The summed E-state index contributed by atoms with van der Waals surface area (Å²) >= 11 is 3.42. The van der Waals surface area contributed by atoms with Crippen molar-refractivity contribution in [2.24, 2.45) is 0 Å². The normalized spacial score (nSPS) is 18.4. The SMILES string of the molecule is Cc1ccc(C)n1-c1ccsc1-c1cc2nc(C3=CN[C@H]4SCCN4C3=O)ccn2n1. The minimum atomic E-state index is 0.0319. The molecule has 0 spiro atoms. The Kier molecular flexibility index (Phi) is 4.22. The number of carbonyl (C=O) groups is 1. The molecule has 9 heteroatoms. The van der Waals surface area contributed by atoms with Gasteiger partial charge in [0.05, 0.1) is 21.8 Å². The zero-order chi connectivity index (χ0) is 21.1. The molecule has 156 valence electrons. The largest absolute Gasteiger partial charge is 0.362 e. The number of hydrogen-bond donors (Lipinski definition) is 1. The van der Waals surface area contributed by atoms with Crippen molar-refractivity contribution in [3.63, 3.8) is 0 Å². The highest BCUT2D eigenvalue weighted by atomic mass is 32.2. The first-order valence-electron chi connectivity index (χ1n) is 10.1. The Bertz CT molecular complexity index is 1340. The summed E-state index contributed by atoms with van der Waals surface area (Å²) in [5.41, 5.74) is 6.40. The second-order valence-corrected chi connectivity index (χ2v) is 9.78. The maximum absolute atomic E-state index is 12.9. The number of nitrogens with one attached hydrogen (secondary N) is 1. The molecule has 6 rings (SSSR count). The van der Waals surface area contributed by atoms with Crippen molar-refractivity contribution in [1.82, 2.24) is 29.4 Å². The fourth-order valence-corrected chi connectivity index (χ4v) is 6.13. The molecule has 1 amide bonds. The lowest BCUT2D eigenvalue weighted by Crippen LogP contribution is -2.45. The van der Waals surface area contributed by atoms with Crippen LogP contribution >= 0.6 is 23.1 Å². The highest BCUT2D eigenvalue weighted by Gasteiger charge is 2.35. The van der Waals surface area contributed by atoms with Crippen molar-refractivity contribution in [1.29, 1.82) is 0 Å². The van der Waals surface area contributed by atoms with Crippen molar-refractivity contribution in [2.45, 2.75) is 19.3 Å². The number of aryl methyl sites for hydroxylation is 2. The van der Waals surface area contributed by atoms with E-state index in [0.717, 1.165) is 34.2 Å². The van der Waals surface area contributed by atoms with E-state index in [0.29, 0.717) is 11.3 Å². The van der Waals surface area contributed by atoms with E-state index in [9.17, 15) is 4.79 Å². The van der Waals surface area contributed by atoms with Gasteiger partial charge in [-0.1, -0.05) is 0 Å². The van der Waals surface area contributed by atoms with Gasteiger partial charge in [-0.15, -0.1) is 23.1 Å². The third kappa shape index (κ3) is 2.91. The highest BCUT2D eigenvalue weighted by Crippen LogP contribution is 2.34. The first-order chi connectivity index (χ1) is 15.1. The van der Waals surface area contributed by atoms with Gasteiger partial charge in [-0.25, -0.2) is 9.50 Å². The van der Waals surface area contributed by atoms with Crippen LogP contribution in [0, 0.1) is 13.8 Å². The van der Waals surface area contributed by atoms with Crippen LogP contribution in [0.15, 0.2) is 48.1 Å². The third-order valence-corrected chi connectivity index (χ3v) is 7.79. The van der Waals surface area contributed by atoms with Crippen molar-refractivity contribution in [2.75, 3.05) is 12.3 Å². The van der Waals surface area contributed by atoms with Crippen LogP contribution < -0.4 is 5.32 Å². The average molecular weight is 449 g/mol. The number of amides is 1. The van der Waals surface area contributed by atoms with Gasteiger partial charge < -0.3 is 14.8 Å².